The van der Waals surface area contributed by atoms with E-state index < -0.39 is 10.0 Å². The molecule has 2 N–H and O–H groups in total. The Morgan fingerprint density at radius 3 is 2.16 bits per heavy atom. The van der Waals surface area contributed by atoms with Crippen molar-refractivity contribution in [2.45, 2.75) is 26.7 Å². The summed E-state index contributed by atoms with van der Waals surface area (Å²) in [6, 6.07) is 6.59. The van der Waals surface area contributed by atoms with Crippen LogP contribution in [0.5, 0.6) is 0 Å². The molecule has 0 spiro atoms. The Balaban J connectivity index is 2.09. The van der Waals surface area contributed by atoms with Crippen LogP contribution in [0.2, 0.25) is 0 Å². The van der Waals surface area contributed by atoms with Crippen LogP contribution in [0.15, 0.2) is 24.3 Å². The van der Waals surface area contributed by atoms with E-state index >= 15 is 0 Å². The van der Waals surface area contributed by atoms with Gasteiger partial charge in [0.25, 0.3) is 5.91 Å². The fourth-order valence-electron chi connectivity index (χ4n) is 3.02. The molecule has 0 saturated carbocycles. The summed E-state index contributed by atoms with van der Waals surface area (Å²) in [6.45, 7) is 4.71. The fraction of sp³-hybridized carbons (Fsp3) is 0.529. The average Bonchev–Trinajstić information content (AvgIpc) is 2.62. The Morgan fingerprint density at radius 2 is 1.72 bits per heavy atom. The number of piperidine rings is 1. The van der Waals surface area contributed by atoms with Crippen molar-refractivity contribution >= 4 is 27.5 Å². The predicted octanol–water partition coefficient (Wildman–Crippen LogP) is 1.20. The number of likely N-dealkylation sites (tertiary alicyclic amines) is 1. The molecule has 0 atom stereocenters. The second kappa shape index (κ2) is 7.86. The Labute approximate surface area is 148 Å². The molecule has 7 nitrogen and oxygen atoms in total. The number of carbonyl (C=O) groups excluding carboxylic acids is 2. The molecular formula is C17H25N3O4S. The third-order valence-corrected chi connectivity index (χ3v) is 6.44. The van der Waals surface area contributed by atoms with Gasteiger partial charge < -0.3 is 10.6 Å². The molecule has 1 aromatic rings. The van der Waals surface area contributed by atoms with Crippen LogP contribution in [0.1, 0.15) is 37.0 Å². The highest BCUT2D eigenvalue weighted by Crippen LogP contribution is 2.22. The lowest BCUT2D eigenvalue weighted by molar-refractivity contribution is -0.123. The summed E-state index contributed by atoms with van der Waals surface area (Å²) in [5.41, 5.74) is 6.36. The van der Waals surface area contributed by atoms with E-state index in [-0.39, 0.29) is 23.5 Å². The minimum atomic E-state index is -3.34. The normalized spacial score (nSPS) is 15.8. The van der Waals surface area contributed by atoms with Gasteiger partial charge in [-0.2, -0.15) is 0 Å². The second-order valence-electron chi connectivity index (χ2n) is 6.08. The lowest BCUT2D eigenvalue weighted by Gasteiger charge is -2.30. The fourth-order valence-corrected chi connectivity index (χ4v) is 4.16. The maximum Gasteiger partial charge on any atom is 0.253 e. The highest BCUT2D eigenvalue weighted by Gasteiger charge is 2.26. The number of nitrogens with zero attached hydrogens (tertiary/aromatic N) is 2. The Bertz CT molecular complexity index is 723. The monoisotopic (exact) mass is 367 g/mol. The van der Waals surface area contributed by atoms with Gasteiger partial charge in [0.2, 0.25) is 15.9 Å². The summed E-state index contributed by atoms with van der Waals surface area (Å²) in [7, 11) is -3.34. The molecular weight excluding hydrogens is 342 g/mol. The molecule has 1 aromatic carbocycles. The van der Waals surface area contributed by atoms with Gasteiger partial charge >= 0.3 is 0 Å². The zero-order valence-electron chi connectivity index (χ0n) is 14.6. The number of amides is 2. The molecule has 1 heterocycles. The molecule has 138 valence electrons. The standard InChI is InChI=1S/C17H25N3O4S/c1-3-20(25(23,24)4-2)15-7-5-14(6-8-15)17(22)19-11-9-13(10-12-19)16(18)21/h5-8,13H,3-4,9-12H2,1-2H3,(H2,18,21). The van der Waals surface area contributed by atoms with Crippen LogP contribution in [0, 0.1) is 5.92 Å². The molecule has 0 aromatic heterocycles. The van der Waals surface area contributed by atoms with Crippen LogP contribution in [-0.2, 0) is 14.8 Å². The number of rotatable bonds is 6. The van der Waals surface area contributed by atoms with Crippen LogP contribution in [-0.4, -0.2) is 50.5 Å². The van der Waals surface area contributed by atoms with Gasteiger partial charge in [0, 0.05) is 31.1 Å². The molecule has 8 heteroatoms. The summed E-state index contributed by atoms with van der Waals surface area (Å²) < 4.78 is 25.5. The van der Waals surface area contributed by atoms with E-state index in [4.69, 9.17) is 5.73 Å². The third kappa shape index (κ3) is 4.31. The highest BCUT2D eigenvalue weighted by molar-refractivity contribution is 7.92. The van der Waals surface area contributed by atoms with Gasteiger partial charge in [-0.1, -0.05) is 0 Å². The SMILES string of the molecule is CCN(c1ccc(C(=O)N2CCC(C(N)=O)CC2)cc1)S(=O)(=O)CC. The van der Waals surface area contributed by atoms with Gasteiger partial charge in [-0.3, -0.25) is 13.9 Å². The van der Waals surface area contributed by atoms with Crippen LogP contribution < -0.4 is 10.0 Å². The van der Waals surface area contributed by atoms with E-state index in [1.165, 1.54) is 4.31 Å². The number of primary amides is 1. The molecule has 0 aliphatic carbocycles. The van der Waals surface area contributed by atoms with Crippen LogP contribution in [0.3, 0.4) is 0 Å². The summed E-state index contributed by atoms with van der Waals surface area (Å²) in [5, 5.41) is 0. The van der Waals surface area contributed by atoms with Crippen molar-refractivity contribution in [3.05, 3.63) is 29.8 Å². The van der Waals surface area contributed by atoms with Crippen molar-refractivity contribution < 1.29 is 18.0 Å². The van der Waals surface area contributed by atoms with E-state index in [2.05, 4.69) is 0 Å². The molecule has 2 amide bonds. The van der Waals surface area contributed by atoms with E-state index in [0.29, 0.717) is 43.7 Å². The highest BCUT2D eigenvalue weighted by atomic mass is 32.2. The van der Waals surface area contributed by atoms with Crippen molar-refractivity contribution in [1.82, 2.24) is 4.90 Å². The van der Waals surface area contributed by atoms with Crippen molar-refractivity contribution in [1.29, 1.82) is 0 Å². The lowest BCUT2D eigenvalue weighted by Crippen LogP contribution is -2.41. The minimum Gasteiger partial charge on any atom is -0.369 e. The summed E-state index contributed by atoms with van der Waals surface area (Å²) in [6.07, 6.45) is 1.16. The third-order valence-electron chi connectivity index (χ3n) is 4.57. The van der Waals surface area contributed by atoms with E-state index in [9.17, 15) is 18.0 Å². The average molecular weight is 367 g/mol. The van der Waals surface area contributed by atoms with Crippen molar-refractivity contribution in [2.75, 3.05) is 29.7 Å². The molecule has 1 fully saturated rings. The predicted molar refractivity (Wildman–Crippen MR) is 96.7 cm³/mol. The summed E-state index contributed by atoms with van der Waals surface area (Å²) >= 11 is 0. The number of sulfonamides is 1. The number of anilines is 1. The van der Waals surface area contributed by atoms with Gasteiger partial charge in [-0.15, -0.1) is 0 Å². The maximum atomic E-state index is 12.6. The van der Waals surface area contributed by atoms with Crippen LogP contribution in [0.25, 0.3) is 0 Å². The zero-order valence-corrected chi connectivity index (χ0v) is 15.5. The summed E-state index contributed by atoms with van der Waals surface area (Å²) in [4.78, 5) is 25.5. The molecule has 1 aliphatic heterocycles. The van der Waals surface area contributed by atoms with Gasteiger partial charge in [-0.05, 0) is 51.0 Å². The minimum absolute atomic E-state index is 0.0241. The van der Waals surface area contributed by atoms with Crippen molar-refractivity contribution in [3.63, 3.8) is 0 Å². The van der Waals surface area contributed by atoms with E-state index in [0.717, 1.165) is 0 Å². The molecule has 0 bridgehead atoms. The first-order chi connectivity index (χ1) is 11.8. The Morgan fingerprint density at radius 1 is 1.16 bits per heavy atom. The second-order valence-corrected chi connectivity index (χ2v) is 8.26. The first-order valence-electron chi connectivity index (χ1n) is 8.49. The number of nitrogens with two attached hydrogens (primary N) is 1. The van der Waals surface area contributed by atoms with Gasteiger partial charge in [0.1, 0.15) is 0 Å². The molecule has 25 heavy (non-hydrogen) atoms. The topological polar surface area (TPSA) is 101 Å². The van der Waals surface area contributed by atoms with Crippen LogP contribution in [0.4, 0.5) is 5.69 Å². The Kier molecular flexibility index (Phi) is 6.05. The quantitative estimate of drug-likeness (QED) is 0.816. The molecule has 2 rings (SSSR count). The van der Waals surface area contributed by atoms with Gasteiger partial charge in [0.05, 0.1) is 11.4 Å². The van der Waals surface area contributed by atoms with Gasteiger partial charge in [0.15, 0.2) is 0 Å². The van der Waals surface area contributed by atoms with Gasteiger partial charge in [-0.25, -0.2) is 8.42 Å². The number of hydrogen-bond donors (Lipinski definition) is 1. The summed E-state index contributed by atoms with van der Waals surface area (Å²) in [5.74, 6) is -0.566. The van der Waals surface area contributed by atoms with E-state index in [1.54, 1.807) is 43.0 Å². The largest absolute Gasteiger partial charge is 0.369 e. The molecule has 1 aliphatic rings. The first-order valence-corrected chi connectivity index (χ1v) is 10.1. The number of hydrogen-bond acceptors (Lipinski definition) is 4. The van der Waals surface area contributed by atoms with E-state index in [1.807, 2.05) is 0 Å². The smallest absolute Gasteiger partial charge is 0.253 e. The maximum absolute atomic E-state index is 12.6. The van der Waals surface area contributed by atoms with Crippen molar-refractivity contribution in [3.8, 4) is 0 Å². The zero-order chi connectivity index (χ0) is 18.6. The lowest BCUT2D eigenvalue weighted by atomic mass is 9.96. The van der Waals surface area contributed by atoms with Crippen LogP contribution >= 0.6 is 0 Å². The molecule has 0 unspecified atom stereocenters. The molecule has 0 radical (unpaired) electrons. The number of benzene rings is 1. The Hall–Kier alpha value is -2.09. The first kappa shape index (κ1) is 19.2. The molecule has 1 saturated heterocycles. The van der Waals surface area contributed by atoms with Crippen molar-refractivity contribution in [2.24, 2.45) is 11.7 Å². The number of carbonyl (C=O) groups is 2.